The molecule has 0 bridgehead atoms. The van der Waals surface area contributed by atoms with Gasteiger partial charge in [0.05, 0.1) is 11.3 Å². The van der Waals surface area contributed by atoms with Crippen molar-refractivity contribution in [1.29, 1.82) is 0 Å². The van der Waals surface area contributed by atoms with Gasteiger partial charge in [0.1, 0.15) is 0 Å². The van der Waals surface area contributed by atoms with Gasteiger partial charge in [-0.05, 0) is 44.2 Å². The van der Waals surface area contributed by atoms with E-state index in [0.717, 1.165) is 36.3 Å². The summed E-state index contributed by atoms with van der Waals surface area (Å²) in [6.07, 6.45) is 2.28. The Balaban J connectivity index is 1.46. The fourth-order valence-electron chi connectivity index (χ4n) is 3.40. The molecule has 2 N–H and O–H groups in total. The average Bonchev–Trinajstić information content (AvgIpc) is 3.27. The van der Waals surface area contributed by atoms with Crippen molar-refractivity contribution in [3.05, 3.63) is 53.0 Å². The van der Waals surface area contributed by atoms with Crippen molar-refractivity contribution in [3.63, 3.8) is 0 Å². The normalized spacial score (nSPS) is 14.2. The van der Waals surface area contributed by atoms with Gasteiger partial charge in [0.15, 0.2) is 0 Å². The molecule has 2 heterocycles. The van der Waals surface area contributed by atoms with Gasteiger partial charge >= 0.3 is 0 Å². The number of aromatic nitrogens is 3. The number of benzene rings is 1. The number of nitrogens with zero attached hydrogens (tertiary/aromatic N) is 2. The maximum atomic E-state index is 12.6. The molecule has 1 fully saturated rings. The number of hydrogen-bond donors (Lipinski definition) is 2. The number of aryl methyl sites for hydroxylation is 2. The molecule has 1 aromatic carbocycles. The van der Waals surface area contributed by atoms with Crippen molar-refractivity contribution >= 4 is 16.8 Å². The Bertz CT molecular complexity index is 901. The Kier molecular flexibility index (Phi) is 3.63. The van der Waals surface area contributed by atoms with Crippen molar-refractivity contribution in [2.75, 3.05) is 6.54 Å². The molecule has 1 saturated carbocycles. The number of carbonyl (C=O) groups excluding carboxylic acids is 1. The minimum Gasteiger partial charge on any atom is -0.350 e. The number of fused-ring (bicyclic) bond motifs is 1. The summed E-state index contributed by atoms with van der Waals surface area (Å²) in [5, 5.41) is 11.6. The lowest BCUT2D eigenvalue weighted by Gasteiger charge is -2.10. The summed E-state index contributed by atoms with van der Waals surface area (Å²) >= 11 is 0. The van der Waals surface area contributed by atoms with Crippen LogP contribution in [-0.2, 0) is 6.54 Å². The summed E-state index contributed by atoms with van der Waals surface area (Å²) in [5.74, 6) is 0.448. The summed E-state index contributed by atoms with van der Waals surface area (Å²) < 4.78 is 2.25. The molecule has 1 aliphatic rings. The predicted molar refractivity (Wildman–Crippen MR) is 94.3 cm³/mol. The number of para-hydroxylation sites is 1. The Morgan fingerprint density at radius 2 is 2.12 bits per heavy atom. The average molecular weight is 322 g/mol. The number of aromatic amines is 1. The van der Waals surface area contributed by atoms with Crippen LogP contribution < -0.4 is 5.32 Å². The van der Waals surface area contributed by atoms with E-state index >= 15 is 0 Å². The van der Waals surface area contributed by atoms with Crippen LogP contribution in [0, 0.1) is 13.8 Å². The maximum Gasteiger partial charge on any atom is 0.255 e. The Morgan fingerprint density at radius 3 is 2.92 bits per heavy atom. The second-order valence-electron chi connectivity index (χ2n) is 6.64. The van der Waals surface area contributed by atoms with Gasteiger partial charge in [-0.15, -0.1) is 0 Å². The molecular formula is C19H22N4O. The number of rotatable bonds is 5. The Labute approximate surface area is 141 Å². The van der Waals surface area contributed by atoms with E-state index in [-0.39, 0.29) is 5.91 Å². The molecule has 124 valence electrons. The van der Waals surface area contributed by atoms with Crippen LogP contribution in [0.3, 0.4) is 0 Å². The first-order valence-corrected chi connectivity index (χ1v) is 8.53. The molecule has 5 nitrogen and oxygen atoms in total. The number of carbonyl (C=O) groups is 1. The van der Waals surface area contributed by atoms with Gasteiger partial charge in [0.25, 0.3) is 5.91 Å². The highest BCUT2D eigenvalue weighted by atomic mass is 16.1. The molecule has 4 rings (SSSR count). The molecule has 0 unspecified atom stereocenters. The molecule has 0 spiro atoms. The van der Waals surface area contributed by atoms with Crippen LogP contribution in [0.4, 0.5) is 0 Å². The first-order chi connectivity index (χ1) is 11.6. The summed E-state index contributed by atoms with van der Waals surface area (Å²) in [6.45, 7) is 5.39. The van der Waals surface area contributed by atoms with E-state index in [9.17, 15) is 4.79 Å². The van der Waals surface area contributed by atoms with Crippen molar-refractivity contribution in [2.24, 2.45) is 0 Å². The van der Waals surface area contributed by atoms with E-state index in [1.807, 2.05) is 13.0 Å². The molecule has 0 atom stereocenters. The molecule has 5 heteroatoms. The monoisotopic (exact) mass is 322 g/mol. The van der Waals surface area contributed by atoms with Crippen LogP contribution in [0.5, 0.6) is 0 Å². The first-order valence-electron chi connectivity index (χ1n) is 8.53. The van der Waals surface area contributed by atoms with Crippen LogP contribution in [-0.4, -0.2) is 27.2 Å². The van der Waals surface area contributed by atoms with E-state index < -0.39 is 0 Å². The van der Waals surface area contributed by atoms with E-state index in [1.54, 1.807) is 0 Å². The Hall–Kier alpha value is -2.56. The van der Waals surface area contributed by atoms with Crippen molar-refractivity contribution in [3.8, 4) is 0 Å². The molecule has 0 radical (unpaired) electrons. The zero-order chi connectivity index (χ0) is 16.7. The van der Waals surface area contributed by atoms with E-state index in [1.165, 1.54) is 16.6 Å². The molecule has 0 saturated heterocycles. The van der Waals surface area contributed by atoms with Gasteiger partial charge in [0, 0.05) is 35.9 Å². The van der Waals surface area contributed by atoms with Crippen LogP contribution >= 0.6 is 0 Å². The lowest BCUT2D eigenvalue weighted by Crippen LogP contribution is -2.28. The van der Waals surface area contributed by atoms with Gasteiger partial charge in [0.2, 0.25) is 0 Å². The highest BCUT2D eigenvalue weighted by Crippen LogP contribution is 2.41. The van der Waals surface area contributed by atoms with E-state index in [4.69, 9.17) is 0 Å². The Morgan fingerprint density at radius 1 is 1.33 bits per heavy atom. The lowest BCUT2D eigenvalue weighted by atomic mass is 10.1. The van der Waals surface area contributed by atoms with Gasteiger partial charge in [-0.2, -0.15) is 5.10 Å². The smallest absolute Gasteiger partial charge is 0.255 e. The molecule has 0 aliphatic heterocycles. The van der Waals surface area contributed by atoms with Crippen molar-refractivity contribution in [2.45, 2.75) is 39.2 Å². The van der Waals surface area contributed by atoms with Gasteiger partial charge in [-0.1, -0.05) is 18.2 Å². The quantitative estimate of drug-likeness (QED) is 0.757. The fraction of sp³-hybridized carbons (Fsp3) is 0.368. The van der Waals surface area contributed by atoms with Crippen LogP contribution in [0.15, 0.2) is 30.3 Å². The summed E-state index contributed by atoms with van der Waals surface area (Å²) in [4.78, 5) is 12.6. The zero-order valence-corrected chi connectivity index (χ0v) is 14.1. The van der Waals surface area contributed by atoms with Gasteiger partial charge in [-0.3, -0.25) is 9.89 Å². The molecule has 24 heavy (non-hydrogen) atoms. The SMILES string of the molecule is Cc1[nH]nc(C2CC2)c1C(=O)NCCn1c(C)cc2ccccc21. The lowest BCUT2D eigenvalue weighted by molar-refractivity contribution is 0.0951. The third-order valence-corrected chi connectivity index (χ3v) is 4.80. The van der Waals surface area contributed by atoms with Crippen LogP contribution in [0.2, 0.25) is 0 Å². The van der Waals surface area contributed by atoms with Gasteiger partial charge < -0.3 is 9.88 Å². The largest absolute Gasteiger partial charge is 0.350 e. The summed E-state index contributed by atoms with van der Waals surface area (Å²) in [6, 6.07) is 10.5. The number of H-pyrrole nitrogens is 1. The molecule has 1 amide bonds. The number of amides is 1. The van der Waals surface area contributed by atoms with Crippen molar-refractivity contribution < 1.29 is 4.79 Å². The summed E-state index contributed by atoms with van der Waals surface area (Å²) in [7, 11) is 0. The predicted octanol–water partition coefficient (Wildman–Crippen LogP) is 3.29. The minimum absolute atomic E-state index is 0.0164. The maximum absolute atomic E-state index is 12.6. The second-order valence-corrected chi connectivity index (χ2v) is 6.64. The highest BCUT2D eigenvalue weighted by Gasteiger charge is 2.31. The van der Waals surface area contributed by atoms with Gasteiger partial charge in [-0.25, -0.2) is 0 Å². The molecule has 2 aromatic heterocycles. The molecule has 1 aliphatic carbocycles. The number of nitrogens with one attached hydrogen (secondary N) is 2. The fourth-order valence-corrected chi connectivity index (χ4v) is 3.40. The first kappa shape index (κ1) is 15.0. The zero-order valence-electron chi connectivity index (χ0n) is 14.1. The third kappa shape index (κ3) is 2.60. The van der Waals surface area contributed by atoms with Crippen LogP contribution in [0.1, 0.15) is 46.2 Å². The highest BCUT2D eigenvalue weighted by molar-refractivity contribution is 5.96. The minimum atomic E-state index is -0.0164. The third-order valence-electron chi connectivity index (χ3n) is 4.80. The van der Waals surface area contributed by atoms with Crippen molar-refractivity contribution in [1.82, 2.24) is 20.1 Å². The standard InChI is InChI=1S/C19H22N4O/c1-12-11-15-5-3-4-6-16(15)23(12)10-9-20-19(24)17-13(2)21-22-18(17)14-7-8-14/h3-6,11,14H,7-10H2,1-2H3,(H,20,24)(H,21,22). The molecule has 3 aromatic rings. The number of hydrogen-bond acceptors (Lipinski definition) is 2. The van der Waals surface area contributed by atoms with E-state index in [0.29, 0.717) is 12.5 Å². The second kappa shape index (κ2) is 5.82. The topological polar surface area (TPSA) is 62.7 Å². The molecular weight excluding hydrogens is 300 g/mol. The van der Waals surface area contributed by atoms with E-state index in [2.05, 4.69) is 51.3 Å². The van der Waals surface area contributed by atoms with Crippen LogP contribution in [0.25, 0.3) is 10.9 Å². The summed E-state index contributed by atoms with van der Waals surface area (Å²) in [5.41, 5.74) is 4.96.